The fourth-order valence-electron chi connectivity index (χ4n) is 1.99. The van der Waals surface area contributed by atoms with Crippen LogP contribution in [0.25, 0.3) is 0 Å². The van der Waals surface area contributed by atoms with Crippen molar-refractivity contribution in [1.82, 2.24) is 0 Å². The van der Waals surface area contributed by atoms with Crippen LogP contribution in [0.2, 0.25) is 0 Å². The summed E-state index contributed by atoms with van der Waals surface area (Å²) in [6.45, 7) is 0. The number of benzene rings is 2. The van der Waals surface area contributed by atoms with Crippen LogP contribution in [0.3, 0.4) is 0 Å². The van der Waals surface area contributed by atoms with Crippen LogP contribution < -0.4 is 0 Å². The normalized spacial score (nSPS) is 12.5. The Kier molecular flexibility index (Phi) is 6.98. The third-order valence-corrected chi connectivity index (χ3v) is 5.48. The number of hydrogen-bond acceptors (Lipinski definition) is 3. The SMILES string of the molecule is O=C(OC(c1ccccc1)C(F)(F)C(=O)O)c1c(I)cc(I)cc1I. The first kappa shape index (κ1) is 20.7. The number of aliphatic carboxylic acids is 1. The minimum Gasteiger partial charge on any atom is -0.477 e. The number of ether oxygens (including phenoxy) is 1. The highest BCUT2D eigenvalue weighted by atomic mass is 127. The Balaban J connectivity index is 2.44. The Hall–Kier alpha value is -0.570. The first-order chi connectivity index (χ1) is 11.6. The monoisotopic (exact) mass is 684 g/mol. The van der Waals surface area contributed by atoms with E-state index >= 15 is 0 Å². The molecule has 0 saturated carbocycles. The molecule has 0 aliphatic carbocycles. The number of carboxylic acids is 1. The van der Waals surface area contributed by atoms with Gasteiger partial charge in [-0.25, -0.2) is 9.59 Å². The van der Waals surface area contributed by atoms with Gasteiger partial charge in [-0.3, -0.25) is 0 Å². The zero-order valence-corrected chi connectivity index (χ0v) is 18.7. The highest BCUT2D eigenvalue weighted by molar-refractivity contribution is 14.1. The molecular weight excluding hydrogens is 675 g/mol. The largest absolute Gasteiger partial charge is 0.477 e. The average Bonchev–Trinajstić information content (AvgIpc) is 2.52. The van der Waals surface area contributed by atoms with E-state index in [9.17, 15) is 18.4 Å². The van der Waals surface area contributed by atoms with Gasteiger partial charge in [0.2, 0.25) is 6.10 Å². The predicted molar refractivity (Wildman–Crippen MR) is 112 cm³/mol. The van der Waals surface area contributed by atoms with Crippen molar-refractivity contribution in [3.63, 3.8) is 0 Å². The molecule has 1 N–H and O–H groups in total. The van der Waals surface area contributed by atoms with Crippen molar-refractivity contribution in [1.29, 1.82) is 0 Å². The molecule has 0 saturated heterocycles. The van der Waals surface area contributed by atoms with E-state index < -0.39 is 24.0 Å². The molecule has 0 spiro atoms. The van der Waals surface area contributed by atoms with Crippen molar-refractivity contribution in [2.75, 3.05) is 0 Å². The standard InChI is InChI=1S/C16H9F2I3O4/c17-16(18,15(23)24)13(8-4-2-1-3-5-8)25-14(22)12-10(20)6-9(19)7-11(12)21/h1-7,13H,(H,23,24). The Labute approximate surface area is 182 Å². The summed E-state index contributed by atoms with van der Waals surface area (Å²) in [5.41, 5.74) is 0.0301. The number of carbonyl (C=O) groups excluding carboxylic acids is 1. The molecule has 9 heteroatoms. The van der Waals surface area contributed by atoms with Gasteiger partial charge in [0.1, 0.15) is 0 Å². The number of hydrogen-bond donors (Lipinski definition) is 1. The fourth-order valence-corrected chi connectivity index (χ4v) is 6.02. The molecule has 25 heavy (non-hydrogen) atoms. The molecule has 0 aliphatic rings. The summed E-state index contributed by atoms with van der Waals surface area (Å²) in [5.74, 6) is -7.63. The zero-order valence-electron chi connectivity index (χ0n) is 12.2. The van der Waals surface area contributed by atoms with Crippen LogP contribution in [0.1, 0.15) is 22.0 Å². The molecule has 0 fully saturated rings. The van der Waals surface area contributed by atoms with Crippen LogP contribution in [-0.2, 0) is 9.53 Å². The minimum absolute atomic E-state index is 0.0984. The molecule has 0 aromatic heterocycles. The molecule has 132 valence electrons. The van der Waals surface area contributed by atoms with Crippen molar-refractivity contribution < 1.29 is 28.2 Å². The summed E-state index contributed by atoms with van der Waals surface area (Å²) in [7, 11) is 0. The van der Waals surface area contributed by atoms with Gasteiger partial charge in [-0.05, 0) is 85.5 Å². The molecule has 0 aliphatic heterocycles. The van der Waals surface area contributed by atoms with E-state index in [2.05, 4.69) is 22.6 Å². The lowest BCUT2D eigenvalue weighted by Crippen LogP contribution is -2.38. The fraction of sp³-hybridized carbons (Fsp3) is 0.125. The van der Waals surface area contributed by atoms with Gasteiger partial charge in [0.05, 0.1) is 5.56 Å². The Morgan fingerprint density at radius 2 is 1.56 bits per heavy atom. The van der Waals surface area contributed by atoms with Crippen molar-refractivity contribution in [2.24, 2.45) is 0 Å². The van der Waals surface area contributed by atoms with Crippen molar-refractivity contribution in [3.8, 4) is 0 Å². The second-order valence-corrected chi connectivity index (χ2v) is 8.44. The predicted octanol–water partition coefficient (Wildman–Crippen LogP) is 5.12. The second kappa shape index (κ2) is 8.41. The molecule has 2 rings (SSSR count). The second-order valence-electron chi connectivity index (χ2n) is 4.87. The van der Waals surface area contributed by atoms with Gasteiger partial charge in [-0.15, -0.1) is 0 Å². The third-order valence-electron chi connectivity index (χ3n) is 3.15. The third kappa shape index (κ3) is 4.78. The molecule has 1 unspecified atom stereocenters. The van der Waals surface area contributed by atoms with E-state index in [0.29, 0.717) is 7.14 Å². The van der Waals surface area contributed by atoms with Gasteiger partial charge in [-0.2, -0.15) is 8.78 Å². The topological polar surface area (TPSA) is 63.6 Å². The first-order valence-electron chi connectivity index (χ1n) is 6.66. The lowest BCUT2D eigenvalue weighted by Gasteiger charge is -2.24. The highest BCUT2D eigenvalue weighted by Crippen LogP contribution is 2.36. The molecule has 2 aromatic carbocycles. The summed E-state index contributed by atoms with van der Waals surface area (Å²) in [5, 5.41) is 8.86. The van der Waals surface area contributed by atoms with Crippen LogP contribution in [0.5, 0.6) is 0 Å². The van der Waals surface area contributed by atoms with Crippen LogP contribution in [-0.4, -0.2) is 23.0 Å². The Morgan fingerprint density at radius 3 is 2.04 bits per heavy atom. The molecule has 0 bridgehead atoms. The maximum Gasteiger partial charge on any atom is 0.382 e. The van der Waals surface area contributed by atoms with E-state index in [4.69, 9.17) is 9.84 Å². The molecule has 0 radical (unpaired) electrons. The number of esters is 1. The molecule has 0 amide bonds. The minimum atomic E-state index is -4.27. The van der Waals surface area contributed by atoms with Crippen molar-refractivity contribution >= 4 is 79.7 Å². The van der Waals surface area contributed by atoms with Crippen molar-refractivity contribution in [2.45, 2.75) is 12.0 Å². The van der Waals surface area contributed by atoms with Gasteiger partial charge >= 0.3 is 17.9 Å². The summed E-state index contributed by atoms with van der Waals surface area (Å²) in [6, 6.07) is 10.5. The van der Waals surface area contributed by atoms with E-state index in [1.165, 1.54) is 24.3 Å². The highest BCUT2D eigenvalue weighted by Gasteiger charge is 2.51. The quantitative estimate of drug-likeness (QED) is 0.352. The lowest BCUT2D eigenvalue weighted by molar-refractivity contribution is -0.183. The Bertz CT molecular complexity index is 789. The van der Waals surface area contributed by atoms with E-state index in [1.54, 1.807) is 18.2 Å². The maximum atomic E-state index is 14.2. The molecular formula is C16H9F2I3O4. The van der Waals surface area contributed by atoms with Crippen LogP contribution in [0, 0.1) is 10.7 Å². The number of carboxylic acid groups (broad SMARTS) is 1. The summed E-state index contributed by atoms with van der Waals surface area (Å²) >= 11 is 5.88. The molecule has 2 aromatic rings. The van der Waals surface area contributed by atoms with Gasteiger partial charge in [0.25, 0.3) is 0 Å². The maximum absolute atomic E-state index is 14.2. The average molecular weight is 684 g/mol. The number of rotatable bonds is 5. The van der Waals surface area contributed by atoms with Crippen LogP contribution in [0.4, 0.5) is 8.78 Å². The van der Waals surface area contributed by atoms with E-state index in [0.717, 1.165) is 3.57 Å². The van der Waals surface area contributed by atoms with Gasteiger partial charge in [0.15, 0.2) is 0 Å². The summed E-state index contributed by atoms with van der Waals surface area (Å²) < 4.78 is 35.2. The van der Waals surface area contributed by atoms with Crippen molar-refractivity contribution in [3.05, 3.63) is 64.3 Å². The van der Waals surface area contributed by atoms with Crippen LogP contribution in [0.15, 0.2) is 42.5 Å². The Morgan fingerprint density at radius 1 is 1.04 bits per heavy atom. The van der Waals surface area contributed by atoms with Crippen LogP contribution >= 0.6 is 67.8 Å². The lowest BCUT2D eigenvalue weighted by atomic mass is 10.0. The van der Waals surface area contributed by atoms with Gasteiger partial charge in [-0.1, -0.05) is 30.3 Å². The summed E-state index contributed by atoms with van der Waals surface area (Å²) in [6.07, 6.45) is -2.23. The zero-order chi connectivity index (χ0) is 18.8. The van der Waals surface area contributed by atoms with Gasteiger partial charge < -0.3 is 9.84 Å². The molecule has 0 heterocycles. The number of alkyl halides is 2. The molecule has 1 atom stereocenters. The summed E-state index contributed by atoms with van der Waals surface area (Å²) in [4.78, 5) is 23.5. The molecule has 4 nitrogen and oxygen atoms in total. The van der Waals surface area contributed by atoms with Gasteiger partial charge in [0, 0.05) is 10.7 Å². The number of halogens is 5. The smallest absolute Gasteiger partial charge is 0.382 e. The number of carbonyl (C=O) groups is 2. The van der Waals surface area contributed by atoms with E-state index in [-0.39, 0.29) is 11.1 Å². The first-order valence-corrected chi connectivity index (χ1v) is 9.90. The van der Waals surface area contributed by atoms with E-state index in [1.807, 2.05) is 45.2 Å².